The molecule has 0 aromatic heterocycles. The average Bonchev–Trinajstić information content (AvgIpc) is 2.41. The van der Waals surface area contributed by atoms with Gasteiger partial charge in [0, 0.05) is 26.2 Å². The van der Waals surface area contributed by atoms with Crippen LogP contribution >= 0.6 is 0 Å². The van der Waals surface area contributed by atoms with E-state index in [-0.39, 0.29) is 17.4 Å². The molecule has 0 aromatic rings. The normalized spacial score (nSPS) is 35.0. The van der Waals surface area contributed by atoms with Gasteiger partial charge in [0.25, 0.3) is 0 Å². The van der Waals surface area contributed by atoms with Crippen molar-refractivity contribution >= 4 is 5.91 Å². The molecular formula is C15H28N2O2. The third-order valence-electron chi connectivity index (χ3n) is 4.55. The molecule has 1 saturated heterocycles. The summed E-state index contributed by atoms with van der Waals surface area (Å²) in [6, 6.07) is 0. The van der Waals surface area contributed by atoms with Crippen LogP contribution in [0.1, 0.15) is 46.0 Å². The maximum Gasteiger partial charge on any atom is 0.230 e. The van der Waals surface area contributed by atoms with Crippen LogP contribution in [0.15, 0.2) is 0 Å². The van der Waals surface area contributed by atoms with Crippen LogP contribution in [0, 0.1) is 11.3 Å². The fourth-order valence-corrected chi connectivity index (χ4v) is 3.58. The van der Waals surface area contributed by atoms with Crippen LogP contribution in [-0.4, -0.2) is 43.2 Å². The Bertz CT molecular complexity index is 313. The van der Waals surface area contributed by atoms with Gasteiger partial charge in [-0.3, -0.25) is 4.79 Å². The molecule has 0 bridgehead atoms. The molecule has 1 atom stereocenters. The van der Waals surface area contributed by atoms with Crippen LogP contribution in [0.25, 0.3) is 0 Å². The molecule has 2 aliphatic rings. The highest BCUT2D eigenvalue weighted by Gasteiger charge is 2.49. The fourth-order valence-electron chi connectivity index (χ4n) is 3.58. The minimum atomic E-state index is -0.258. The van der Waals surface area contributed by atoms with Crippen molar-refractivity contribution in [2.45, 2.75) is 52.1 Å². The van der Waals surface area contributed by atoms with E-state index in [1.54, 1.807) is 0 Å². The van der Waals surface area contributed by atoms with Crippen LogP contribution < -0.4 is 5.73 Å². The molecule has 0 aromatic carbocycles. The number of nitrogens with two attached hydrogens (primary N) is 1. The molecule has 1 saturated carbocycles. The lowest BCUT2D eigenvalue weighted by molar-refractivity contribution is -0.153. The number of nitrogens with zero attached hydrogens (tertiary/aromatic N) is 1. The van der Waals surface area contributed by atoms with Crippen molar-refractivity contribution in [3.05, 3.63) is 0 Å². The molecule has 0 radical (unpaired) electrons. The number of piperidine rings is 1. The minimum Gasteiger partial charge on any atom is -0.376 e. The lowest BCUT2D eigenvalue weighted by atomic mass is 9.61. The second kappa shape index (κ2) is 6.23. The van der Waals surface area contributed by atoms with Crippen molar-refractivity contribution in [2.24, 2.45) is 17.1 Å². The van der Waals surface area contributed by atoms with Gasteiger partial charge < -0.3 is 15.4 Å². The first-order valence-corrected chi connectivity index (χ1v) is 7.72. The van der Waals surface area contributed by atoms with E-state index in [0.717, 1.165) is 51.8 Å². The third-order valence-corrected chi connectivity index (χ3v) is 4.55. The number of hydrogen-bond donors (Lipinski definition) is 1. The molecule has 19 heavy (non-hydrogen) atoms. The second-order valence-corrected chi connectivity index (χ2v) is 6.38. The Kier molecular flexibility index (Phi) is 4.85. The van der Waals surface area contributed by atoms with Crippen molar-refractivity contribution in [1.29, 1.82) is 0 Å². The molecule has 1 amide bonds. The van der Waals surface area contributed by atoms with Gasteiger partial charge in [-0.1, -0.05) is 13.8 Å². The molecule has 1 unspecified atom stereocenters. The van der Waals surface area contributed by atoms with Crippen LogP contribution in [0.2, 0.25) is 0 Å². The predicted molar refractivity (Wildman–Crippen MR) is 75.7 cm³/mol. The molecule has 2 rings (SSSR count). The Morgan fingerprint density at radius 1 is 1.47 bits per heavy atom. The van der Waals surface area contributed by atoms with Crippen LogP contribution in [0.4, 0.5) is 0 Å². The highest BCUT2D eigenvalue weighted by Crippen LogP contribution is 2.46. The molecule has 110 valence electrons. The van der Waals surface area contributed by atoms with E-state index in [9.17, 15) is 4.79 Å². The van der Waals surface area contributed by atoms with E-state index in [1.807, 2.05) is 4.90 Å². The summed E-state index contributed by atoms with van der Waals surface area (Å²) >= 11 is 0. The zero-order valence-corrected chi connectivity index (χ0v) is 12.4. The molecule has 1 aliphatic carbocycles. The van der Waals surface area contributed by atoms with Crippen molar-refractivity contribution in [3.8, 4) is 0 Å². The largest absolute Gasteiger partial charge is 0.376 e. The fraction of sp³-hybridized carbons (Fsp3) is 0.933. The number of amides is 1. The van der Waals surface area contributed by atoms with E-state index >= 15 is 0 Å². The summed E-state index contributed by atoms with van der Waals surface area (Å²) in [6.45, 7) is 7.24. The van der Waals surface area contributed by atoms with Gasteiger partial charge in [0.1, 0.15) is 0 Å². The highest BCUT2D eigenvalue weighted by molar-refractivity contribution is 5.84. The number of likely N-dealkylation sites (tertiary alicyclic amines) is 1. The minimum absolute atomic E-state index is 0.227. The first kappa shape index (κ1) is 14.8. The smallest absolute Gasteiger partial charge is 0.230 e. The van der Waals surface area contributed by atoms with Gasteiger partial charge in [-0.15, -0.1) is 0 Å². The number of carbonyl (C=O) groups is 1. The summed E-state index contributed by atoms with van der Waals surface area (Å²) in [5.41, 5.74) is 5.62. The standard InChI is InChI=1S/C15H28N2O2/c1-3-7-19-13-5-4-6-17(10-13)14(18)15(11-16)8-12(2)9-15/h12-13H,3-11,16H2,1-2H3. The van der Waals surface area contributed by atoms with Crippen LogP contribution in [0.5, 0.6) is 0 Å². The van der Waals surface area contributed by atoms with Gasteiger partial charge in [-0.2, -0.15) is 0 Å². The lowest BCUT2D eigenvalue weighted by Gasteiger charge is -2.48. The van der Waals surface area contributed by atoms with Crippen LogP contribution in [0.3, 0.4) is 0 Å². The summed E-state index contributed by atoms with van der Waals surface area (Å²) in [4.78, 5) is 14.7. The highest BCUT2D eigenvalue weighted by atomic mass is 16.5. The first-order valence-electron chi connectivity index (χ1n) is 7.72. The van der Waals surface area contributed by atoms with Crippen molar-refractivity contribution < 1.29 is 9.53 Å². The molecule has 1 heterocycles. The Balaban J connectivity index is 1.91. The molecule has 2 N–H and O–H groups in total. The summed E-state index contributed by atoms with van der Waals surface area (Å²) in [5.74, 6) is 0.919. The quantitative estimate of drug-likeness (QED) is 0.827. The average molecular weight is 268 g/mol. The SMILES string of the molecule is CCCOC1CCCN(C(=O)C2(CN)CC(C)C2)C1. The topological polar surface area (TPSA) is 55.6 Å². The number of ether oxygens (including phenoxy) is 1. The van der Waals surface area contributed by atoms with Gasteiger partial charge in [-0.25, -0.2) is 0 Å². The van der Waals surface area contributed by atoms with E-state index in [0.29, 0.717) is 12.5 Å². The van der Waals surface area contributed by atoms with E-state index in [2.05, 4.69) is 13.8 Å². The number of hydrogen-bond acceptors (Lipinski definition) is 3. The summed E-state index contributed by atoms with van der Waals surface area (Å²) in [5, 5.41) is 0. The van der Waals surface area contributed by atoms with Crippen molar-refractivity contribution in [3.63, 3.8) is 0 Å². The van der Waals surface area contributed by atoms with Crippen LogP contribution in [-0.2, 0) is 9.53 Å². The molecule has 4 heteroatoms. The van der Waals surface area contributed by atoms with E-state index in [1.165, 1.54) is 0 Å². The van der Waals surface area contributed by atoms with E-state index < -0.39 is 0 Å². The maximum atomic E-state index is 12.7. The lowest BCUT2D eigenvalue weighted by Crippen LogP contribution is -2.57. The zero-order chi connectivity index (χ0) is 13.9. The Labute approximate surface area is 116 Å². The maximum absolute atomic E-state index is 12.7. The van der Waals surface area contributed by atoms with Gasteiger partial charge in [0.15, 0.2) is 0 Å². The van der Waals surface area contributed by atoms with Gasteiger partial charge >= 0.3 is 0 Å². The third kappa shape index (κ3) is 3.11. The number of rotatable bonds is 5. The summed E-state index contributed by atoms with van der Waals surface area (Å²) in [6.07, 6.45) is 5.31. The summed E-state index contributed by atoms with van der Waals surface area (Å²) in [7, 11) is 0. The predicted octanol–water partition coefficient (Wildman–Crippen LogP) is 1.78. The zero-order valence-electron chi connectivity index (χ0n) is 12.4. The Morgan fingerprint density at radius 3 is 2.79 bits per heavy atom. The Hall–Kier alpha value is -0.610. The Morgan fingerprint density at radius 2 is 2.21 bits per heavy atom. The van der Waals surface area contributed by atoms with Gasteiger partial charge in [-0.05, 0) is 38.0 Å². The molecule has 0 spiro atoms. The van der Waals surface area contributed by atoms with E-state index in [4.69, 9.17) is 10.5 Å². The van der Waals surface area contributed by atoms with Crippen molar-refractivity contribution in [1.82, 2.24) is 4.90 Å². The molecule has 1 aliphatic heterocycles. The number of carbonyl (C=O) groups excluding carboxylic acids is 1. The summed E-state index contributed by atoms with van der Waals surface area (Å²) < 4.78 is 5.81. The van der Waals surface area contributed by atoms with Gasteiger partial charge in [0.2, 0.25) is 5.91 Å². The molecule has 2 fully saturated rings. The second-order valence-electron chi connectivity index (χ2n) is 6.38. The molecule has 4 nitrogen and oxygen atoms in total. The van der Waals surface area contributed by atoms with Crippen molar-refractivity contribution in [2.75, 3.05) is 26.2 Å². The monoisotopic (exact) mass is 268 g/mol. The molecular weight excluding hydrogens is 240 g/mol. The van der Waals surface area contributed by atoms with Gasteiger partial charge in [0.05, 0.1) is 11.5 Å². The first-order chi connectivity index (χ1) is 9.11.